The van der Waals surface area contributed by atoms with Crippen LogP contribution in [-0.4, -0.2) is 49.7 Å². The second-order valence-electron chi connectivity index (χ2n) is 5.28. The van der Waals surface area contributed by atoms with E-state index in [9.17, 15) is 4.79 Å². The van der Waals surface area contributed by atoms with Gasteiger partial charge >= 0.3 is 0 Å². The molecule has 0 saturated heterocycles. The topological polar surface area (TPSA) is 41.6 Å². The number of likely N-dealkylation sites (N-methyl/N-ethyl adjacent to an activating group) is 1. The minimum atomic E-state index is 0.123. The van der Waals surface area contributed by atoms with E-state index in [1.807, 2.05) is 18.7 Å². The van der Waals surface area contributed by atoms with Crippen LogP contribution in [0.15, 0.2) is 0 Å². The summed E-state index contributed by atoms with van der Waals surface area (Å²) in [5.41, 5.74) is 0.123. The molecule has 0 bridgehead atoms. The van der Waals surface area contributed by atoms with Gasteiger partial charge in [-0.3, -0.25) is 4.79 Å². The Morgan fingerprint density at radius 1 is 1.41 bits per heavy atom. The van der Waals surface area contributed by atoms with Gasteiger partial charge in [0.05, 0.1) is 12.6 Å². The van der Waals surface area contributed by atoms with E-state index in [2.05, 4.69) is 19.2 Å². The molecule has 0 aliphatic heterocycles. The number of methoxy groups -OCH3 is 1. The molecule has 1 amide bonds. The third-order valence-electron chi connectivity index (χ3n) is 4.08. The molecule has 1 fully saturated rings. The van der Waals surface area contributed by atoms with Gasteiger partial charge in [-0.05, 0) is 20.3 Å². The fourth-order valence-corrected chi connectivity index (χ4v) is 2.53. The Hall–Kier alpha value is -0.610. The van der Waals surface area contributed by atoms with Crippen molar-refractivity contribution in [2.24, 2.45) is 5.41 Å². The van der Waals surface area contributed by atoms with E-state index in [1.165, 1.54) is 0 Å². The predicted octanol–water partition coefficient (Wildman–Crippen LogP) is 1.26. The summed E-state index contributed by atoms with van der Waals surface area (Å²) in [5, 5.41) is 3.35. The summed E-state index contributed by atoms with van der Waals surface area (Å²) in [7, 11) is 1.75. The molecule has 0 spiro atoms. The molecule has 2 atom stereocenters. The highest BCUT2D eigenvalue weighted by Crippen LogP contribution is 2.42. The predicted molar refractivity (Wildman–Crippen MR) is 68.9 cm³/mol. The number of carbonyl (C=O) groups excluding carboxylic acids is 1. The zero-order valence-electron chi connectivity index (χ0n) is 11.7. The number of hydrogen-bond donors (Lipinski definition) is 1. The van der Waals surface area contributed by atoms with E-state index in [1.54, 1.807) is 7.11 Å². The summed E-state index contributed by atoms with van der Waals surface area (Å²) >= 11 is 0. The minimum absolute atomic E-state index is 0.123. The zero-order chi connectivity index (χ0) is 13.1. The van der Waals surface area contributed by atoms with Gasteiger partial charge in [0.2, 0.25) is 5.91 Å². The van der Waals surface area contributed by atoms with Gasteiger partial charge in [-0.15, -0.1) is 0 Å². The van der Waals surface area contributed by atoms with Crippen LogP contribution in [0, 0.1) is 5.41 Å². The van der Waals surface area contributed by atoms with Crippen molar-refractivity contribution in [3.8, 4) is 0 Å². The lowest BCUT2D eigenvalue weighted by molar-refractivity contribution is -0.132. The Morgan fingerprint density at radius 2 is 2.00 bits per heavy atom. The van der Waals surface area contributed by atoms with Crippen molar-refractivity contribution < 1.29 is 9.53 Å². The van der Waals surface area contributed by atoms with E-state index in [4.69, 9.17) is 4.74 Å². The molecule has 4 nitrogen and oxygen atoms in total. The monoisotopic (exact) mass is 242 g/mol. The number of rotatable bonds is 6. The summed E-state index contributed by atoms with van der Waals surface area (Å²) < 4.78 is 5.39. The van der Waals surface area contributed by atoms with Crippen molar-refractivity contribution in [3.05, 3.63) is 0 Å². The minimum Gasteiger partial charge on any atom is -0.381 e. The van der Waals surface area contributed by atoms with E-state index in [-0.39, 0.29) is 11.3 Å². The van der Waals surface area contributed by atoms with Crippen LogP contribution in [0.1, 0.15) is 34.1 Å². The van der Waals surface area contributed by atoms with E-state index in [0.29, 0.717) is 18.7 Å². The molecule has 100 valence electrons. The van der Waals surface area contributed by atoms with Gasteiger partial charge in [-0.2, -0.15) is 0 Å². The fraction of sp³-hybridized carbons (Fsp3) is 0.923. The molecule has 1 rings (SSSR count). The summed E-state index contributed by atoms with van der Waals surface area (Å²) in [6.07, 6.45) is 1.30. The van der Waals surface area contributed by atoms with Gasteiger partial charge in [0.1, 0.15) is 0 Å². The highest BCUT2D eigenvalue weighted by atomic mass is 16.5. The molecule has 4 heteroatoms. The number of hydrogen-bond acceptors (Lipinski definition) is 3. The van der Waals surface area contributed by atoms with Crippen molar-refractivity contribution in [1.29, 1.82) is 0 Å². The highest BCUT2D eigenvalue weighted by Gasteiger charge is 2.48. The molecule has 17 heavy (non-hydrogen) atoms. The molecule has 0 aromatic carbocycles. The number of ether oxygens (including phenoxy) is 1. The van der Waals surface area contributed by atoms with Gasteiger partial charge in [-0.25, -0.2) is 0 Å². The largest absolute Gasteiger partial charge is 0.381 e. The molecule has 0 aromatic heterocycles. The summed E-state index contributed by atoms with van der Waals surface area (Å²) in [5.74, 6) is 0.187. The standard InChI is InChI=1S/C13H26N2O2/c1-6-15(7-2)12(16)9-14-10-8-11(17-5)13(10,3)4/h10-11,14H,6-9H2,1-5H3. The third-order valence-corrected chi connectivity index (χ3v) is 4.08. The molecule has 0 radical (unpaired) electrons. The van der Waals surface area contributed by atoms with Crippen molar-refractivity contribution in [2.45, 2.75) is 46.3 Å². The highest BCUT2D eigenvalue weighted by molar-refractivity contribution is 5.78. The first-order chi connectivity index (χ1) is 7.97. The SMILES string of the molecule is CCN(CC)C(=O)CNC1CC(OC)C1(C)C. The van der Waals surface area contributed by atoms with Crippen molar-refractivity contribution in [3.63, 3.8) is 0 Å². The Bertz CT molecular complexity index is 262. The second kappa shape index (κ2) is 5.83. The van der Waals surface area contributed by atoms with Crippen LogP contribution in [-0.2, 0) is 9.53 Å². The van der Waals surface area contributed by atoms with Crippen molar-refractivity contribution >= 4 is 5.91 Å². The van der Waals surface area contributed by atoms with Gasteiger partial charge in [0.25, 0.3) is 0 Å². The first-order valence-corrected chi connectivity index (χ1v) is 6.51. The van der Waals surface area contributed by atoms with E-state index >= 15 is 0 Å². The van der Waals surface area contributed by atoms with Crippen LogP contribution in [0.5, 0.6) is 0 Å². The van der Waals surface area contributed by atoms with Crippen molar-refractivity contribution in [1.82, 2.24) is 10.2 Å². The summed E-state index contributed by atoms with van der Waals surface area (Å²) in [6.45, 7) is 10.4. The summed E-state index contributed by atoms with van der Waals surface area (Å²) in [4.78, 5) is 13.7. The Kier molecular flexibility index (Phi) is 4.95. The van der Waals surface area contributed by atoms with E-state index < -0.39 is 0 Å². The number of nitrogens with one attached hydrogen (secondary N) is 1. The molecule has 1 N–H and O–H groups in total. The Labute approximate surface area is 105 Å². The second-order valence-corrected chi connectivity index (χ2v) is 5.28. The van der Waals surface area contributed by atoms with Gasteiger partial charge in [-0.1, -0.05) is 13.8 Å². The average molecular weight is 242 g/mol. The maximum Gasteiger partial charge on any atom is 0.236 e. The first-order valence-electron chi connectivity index (χ1n) is 6.51. The molecule has 0 aromatic rings. The molecule has 2 unspecified atom stereocenters. The normalized spacial score (nSPS) is 26.4. The van der Waals surface area contributed by atoms with Gasteiger partial charge < -0.3 is 15.0 Å². The zero-order valence-corrected chi connectivity index (χ0v) is 11.7. The smallest absolute Gasteiger partial charge is 0.236 e. The molecule has 1 aliphatic carbocycles. The number of amides is 1. The lowest BCUT2D eigenvalue weighted by Gasteiger charge is -2.51. The molecule has 1 aliphatic rings. The molecular weight excluding hydrogens is 216 g/mol. The van der Waals surface area contributed by atoms with Gasteiger partial charge in [0, 0.05) is 31.7 Å². The lowest BCUT2D eigenvalue weighted by atomic mass is 9.64. The van der Waals surface area contributed by atoms with Crippen LogP contribution >= 0.6 is 0 Å². The number of carbonyl (C=O) groups is 1. The average Bonchev–Trinajstić information content (AvgIpc) is 2.29. The first kappa shape index (κ1) is 14.5. The Balaban J connectivity index is 2.35. The fourth-order valence-electron chi connectivity index (χ4n) is 2.53. The van der Waals surface area contributed by atoms with Crippen LogP contribution in [0.25, 0.3) is 0 Å². The van der Waals surface area contributed by atoms with Crippen LogP contribution in [0.3, 0.4) is 0 Å². The maximum absolute atomic E-state index is 11.8. The number of nitrogens with zero attached hydrogens (tertiary/aromatic N) is 1. The Morgan fingerprint density at radius 3 is 2.41 bits per heavy atom. The van der Waals surface area contributed by atoms with Crippen LogP contribution in [0.4, 0.5) is 0 Å². The van der Waals surface area contributed by atoms with Gasteiger partial charge in [0.15, 0.2) is 0 Å². The quantitative estimate of drug-likeness (QED) is 0.762. The summed E-state index contributed by atoms with van der Waals surface area (Å²) in [6, 6.07) is 0.381. The van der Waals surface area contributed by atoms with E-state index in [0.717, 1.165) is 19.5 Å². The van der Waals surface area contributed by atoms with Crippen molar-refractivity contribution in [2.75, 3.05) is 26.7 Å². The molecule has 0 heterocycles. The molecular formula is C13H26N2O2. The maximum atomic E-state index is 11.8. The molecule has 1 saturated carbocycles. The van der Waals surface area contributed by atoms with Crippen LogP contribution in [0.2, 0.25) is 0 Å². The lowest BCUT2D eigenvalue weighted by Crippen LogP contribution is -2.61. The van der Waals surface area contributed by atoms with Crippen LogP contribution < -0.4 is 5.32 Å². The third kappa shape index (κ3) is 2.99.